The summed E-state index contributed by atoms with van der Waals surface area (Å²) in [6, 6.07) is 4.65. The van der Waals surface area contributed by atoms with Crippen molar-refractivity contribution in [2.75, 3.05) is 4.90 Å². The highest BCUT2D eigenvalue weighted by molar-refractivity contribution is 6.06. The van der Waals surface area contributed by atoms with Crippen LogP contribution in [0.1, 0.15) is 6.42 Å². The Morgan fingerprint density at radius 1 is 1.47 bits per heavy atom. The standard InChI is InChI=1S/C12H10FNO3/c13-6-2-1-3-7(4-6)14-10(12(16)17)8-5-9(8)11(14)15/h1-4,8-10H,5H2,(H,16,17). The van der Waals surface area contributed by atoms with E-state index in [0.717, 1.165) is 0 Å². The molecule has 3 atom stereocenters. The van der Waals surface area contributed by atoms with E-state index in [1.165, 1.54) is 23.1 Å². The molecular formula is C12H10FNO3. The number of benzene rings is 1. The van der Waals surface area contributed by atoms with Crippen molar-refractivity contribution in [1.29, 1.82) is 0 Å². The molecule has 1 N–H and O–H groups in total. The summed E-state index contributed by atoms with van der Waals surface area (Å²) in [4.78, 5) is 24.3. The molecule has 0 aromatic heterocycles. The lowest BCUT2D eigenvalue weighted by Gasteiger charge is -2.24. The van der Waals surface area contributed by atoms with Crippen LogP contribution in [0.25, 0.3) is 0 Å². The fraction of sp³-hybridized carbons (Fsp3) is 0.333. The maximum absolute atomic E-state index is 13.1. The van der Waals surface area contributed by atoms with E-state index >= 15 is 0 Å². The number of hydrogen-bond donors (Lipinski definition) is 1. The van der Waals surface area contributed by atoms with Gasteiger partial charge in [0.2, 0.25) is 5.91 Å². The Morgan fingerprint density at radius 3 is 2.88 bits per heavy atom. The van der Waals surface area contributed by atoms with E-state index in [0.29, 0.717) is 12.1 Å². The highest BCUT2D eigenvalue weighted by Crippen LogP contribution is 2.51. The molecule has 1 amide bonds. The molecule has 1 saturated heterocycles. The molecule has 88 valence electrons. The largest absolute Gasteiger partial charge is 0.480 e. The van der Waals surface area contributed by atoms with Crippen LogP contribution >= 0.6 is 0 Å². The van der Waals surface area contributed by atoms with Gasteiger partial charge < -0.3 is 5.11 Å². The van der Waals surface area contributed by atoms with Crippen LogP contribution in [0.4, 0.5) is 10.1 Å². The van der Waals surface area contributed by atoms with Gasteiger partial charge in [-0.1, -0.05) is 6.07 Å². The second kappa shape index (κ2) is 3.29. The molecule has 5 heteroatoms. The lowest BCUT2D eigenvalue weighted by atomic mass is 10.1. The number of carbonyl (C=O) groups excluding carboxylic acids is 1. The number of fused-ring (bicyclic) bond motifs is 1. The van der Waals surface area contributed by atoms with Gasteiger partial charge in [0.15, 0.2) is 0 Å². The Morgan fingerprint density at radius 2 is 2.24 bits per heavy atom. The van der Waals surface area contributed by atoms with Crippen molar-refractivity contribution in [3.05, 3.63) is 30.1 Å². The fourth-order valence-electron chi connectivity index (χ4n) is 2.56. The average Bonchev–Trinajstić information content (AvgIpc) is 2.99. The number of hydrogen-bond acceptors (Lipinski definition) is 2. The van der Waals surface area contributed by atoms with Crippen LogP contribution in [0.15, 0.2) is 24.3 Å². The average molecular weight is 235 g/mol. The van der Waals surface area contributed by atoms with Gasteiger partial charge >= 0.3 is 5.97 Å². The Labute approximate surface area is 96.7 Å². The zero-order valence-corrected chi connectivity index (χ0v) is 8.84. The van der Waals surface area contributed by atoms with E-state index in [-0.39, 0.29) is 17.7 Å². The van der Waals surface area contributed by atoms with Crippen molar-refractivity contribution >= 4 is 17.6 Å². The van der Waals surface area contributed by atoms with Crippen molar-refractivity contribution in [1.82, 2.24) is 0 Å². The van der Waals surface area contributed by atoms with Crippen molar-refractivity contribution in [2.45, 2.75) is 12.5 Å². The van der Waals surface area contributed by atoms with E-state index in [1.54, 1.807) is 6.07 Å². The molecular weight excluding hydrogens is 225 g/mol. The normalized spacial score (nSPS) is 30.3. The summed E-state index contributed by atoms with van der Waals surface area (Å²) in [7, 11) is 0. The van der Waals surface area contributed by atoms with Crippen LogP contribution < -0.4 is 4.90 Å². The molecule has 2 fully saturated rings. The molecule has 1 saturated carbocycles. The van der Waals surface area contributed by atoms with Crippen LogP contribution in [0, 0.1) is 17.7 Å². The number of aliphatic carboxylic acids is 1. The van der Waals surface area contributed by atoms with Crippen molar-refractivity contribution in [3.63, 3.8) is 0 Å². The third-order valence-electron chi connectivity index (χ3n) is 3.42. The maximum atomic E-state index is 13.1. The molecule has 0 radical (unpaired) electrons. The molecule has 1 aromatic carbocycles. The highest BCUT2D eigenvalue weighted by Gasteiger charge is 2.61. The lowest BCUT2D eigenvalue weighted by molar-refractivity contribution is -0.139. The number of rotatable bonds is 2. The van der Waals surface area contributed by atoms with Gasteiger partial charge in [-0.05, 0) is 24.6 Å². The lowest BCUT2D eigenvalue weighted by Crippen LogP contribution is -2.42. The third-order valence-corrected chi connectivity index (χ3v) is 3.42. The monoisotopic (exact) mass is 235 g/mol. The van der Waals surface area contributed by atoms with E-state index in [9.17, 15) is 14.0 Å². The number of anilines is 1. The van der Waals surface area contributed by atoms with E-state index in [2.05, 4.69) is 0 Å². The van der Waals surface area contributed by atoms with Gasteiger partial charge in [-0.2, -0.15) is 0 Å². The van der Waals surface area contributed by atoms with Crippen LogP contribution in [0.2, 0.25) is 0 Å². The Kier molecular flexibility index (Phi) is 1.98. The summed E-state index contributed by atoms with van der Waals surface area (Å²) in [5.41, 5.74) is 0.328. The highest BCUT2D eigenvalue weighted by atomic mass is 19.1. The summed E-state index contributed by atoms with van der Waals surface area (Å²) in [5, 5.41) is 9.14. The minimum Gasteiger partial charge on any atom is -0.480 e. The number of halogens is 1. The van der Waals surface area contributed by atoms with Crippen molar-refractivity contribution < 1.29 is 19.1 Å². The zero-order valence-electron chi connectivity index (χ0n) is 8.84. The molecule has 1 aromatic rings. The first kappa shape index (κ1) is 10.3. The van der Waals surface area contributed by atoms with Gasteiger partial charge in [0.05, 0.1) is 0 Å². The Hall–Kier alpha value is -1.91. The summed E-state index contributed by atoms with van der Waals surface area (Å²) in [5.74, 6) is -1.98. The molecule has 1 aliphatic carbocycles. The van der Waals surface area contributed by atoms with Gasteiger partial charge in [0, 0.05) is 17.5 Å². The minimum absolute atomic E-state index is 0.108. The molecule has 2 aliphatic rings. The molecule has 4 nitrogen and oxygen atoms in total. The topological polar surface area (TPSA) is 57.6 Å². The molecule has 17 heavy (non-hydrogen) atoms. The van der Waals surface area contributed by atoms with E-state index in [4.69, 9.17) is 5.11 Å². The predicted molar refractivity (Wildman–Crippen MR) is 56.9 cm³/mol. The molecule has 1 aliphatic heterocycles. The molecule has 0 bridgehead atoms. The Balaban J connectivity index is 2.01. The van der Waals surface area contributed by atoms with Gasteiger partial charge in [0.1, 0.15) is 11.9 Å². The van der Waals surface area contributed by atoms with Gasteiger partial charge in [-0.3, -0.25) is 9.69 Å². The molecule has 1 heterocycles. The van der Waals surface area contributed by atoms with Crippen LogP contribution in [-0.2, 0) is 9.59 Å². The molecule has 3 unspecified atom stereocenters. The second-order valence-corrected chi connectivity index (χ2v) is 4.48. The maximum Gasteiger partial charge on any atom is 0.327 e. The number of nitrogens with zero attached hydrogens (tertiary/aromatic N) is 1. The van der Waals surface area contributed by atoms with Crippen LogP contribution in [0.5, 0.6) is 0 Å². The minimum atomic E-state index is -1.02. The van der Waals surface area contributed by atoms with E-state index in [1.807, 2.05) is 0 Å². The van der Waals surface area contributed by atoms with Gasteiger partial charge in [-0.15, -0.1) is 0 Å². The predicted octanol–water partition coefficient (Wildman–Crippen LogP) is 1.26. The number of amides is 1. The quantitative estimate of drug-likeness (QED) is 0.839. The number of piperidine rings is 1. The second-order valence-electron chi connectivity index (χ2n) is 4.48. The summed E-state index contributed by atoms with van der Waals surface area (Å²) >= 11 is 0. The fourth-order valence-corrected chi connectivity index (χ4v) is 2.56. The number of carboxylic acid groups (broad SMARTS) is 1. The molecule has 3 rings (SSSR count). The van der Waals surface area contributed by atoms with Gasteiger partial charge in [0.25, 0.3) is 0 Å². The first-order valence-corrected chi connectivity index (χ1v) is 5.41. The summed E-state index contributed by atoms with van der Waals surface area (Å²) in [6.45, 7) is 0. The molecule has 0 spiro atoms. The first-order chi connectivity index (χ1) is 8.09. The smallest absolute Gasteiger partial charge is 0.327 e. The van der Waals surface area contributed by atoms with Crippen LogP contribution in [-0.4, -0.2) is 23.0 Å². The van der Waals surface area contributed by atoms with Crippen molar-refractivity contribution in [2.24, 2.45) is 11.8 Å². The van der Waals surface area contributed by atoms with Crippen molar-refractivity contribution in [3.8, 4) is 0 Å². The zero-order chi connectivity index (χ0) is 12.2. The number of carbonyl (C=O) groups is 2. The SMILES string of the molecule is O=C(O)C1C2CC2C(=O)N1c1cccc(F)c1. The number of carboxylic acids is 1. The van der Waals surface area contributed by atoms with E-state index < -0.39 is 17.8 Å². The Bertz CT molecular complexity index is 516. The summed E-state index contributed by atoms with van der Waals surface area (Å²) in [6.07, 6.45) is 0.640. The third kappa shape index (κ3) is 1.42. The summed E-state index contributed by atoms with van der Waals surface area (Å²) < 4.78 is 13.1. The van der Waals surface area contributed by atoms with Gasteiger partial charge in [-0.25, -0.2) is 9.18 Å². The van der Waals surface area contributed by atoms with Crippen LogP contribution in [0.3, 0.4) is 0 Å². The first-order valence-electron chi connectivity index (χ1n) is 5.41.